The molecule has 0 unspecified atom stereocenters. The zero-order valence-electron chi connectivity index (χ0n) is 16.2. The number of hydrogen-bond donors (Lipinski definition) is 0. The molecule has 0 atom stereocenters. The second kappa shape index (κ2) is 9.88. The summed E-state index contributed by atoms with van der Waals surface area (Å²) in [5.74, 6) is -0.762. The number of carbonyl (C=O) groups is 2. The molecule has 0 saturated heterocycles. The highest BCUT2D eigenvalue weighted by Gasteiger charge is 2.35. The predicted octanol–water partition coefficient (Wildman–Crippen LogP) is 4.52. The molecule has 0 bridgehead atoms. The van der Waals surface area contributed by atoms with Gasteiger partial charge in [-0.3, -0.25) is 4.79 Å². The van der Waals surface area contributed by atoms with Gasteiger partial charge in [-0.05, 0) is 38.0 Å². The zero-order valence-corrected chi connectivity index (χ0v) is 16.2. The van der Waals surface area contributed by atoms with E-state index in [0.29, 0.717) is 18.7 Å². The molecular formula is C22H27NO4. The van der Waals surface area contributed by atoms with Crippen molar-refractivity contribution in [1.29, 1.82) is 0 Å². The Morgan fingerprint density at radius 1 is 0.963 bits per heavy atom. The fourth-order valence-electron chi connectivity index (χ4n) is 2.46. The van der Waals surface area contributed by atoms with Crippen LogP contribution < -0.4 is 5.06 Å². The van der Waals surface area contributed by atoms with Crippen LogP contribution in [0.3, 0.4) is 0 Å². The number of ether oxygens (including phenoxy) is 1. The van der Waals surface area contributed by atoms with Crippen LogP contribution in [0.25, 0.3) is 0 Å². The molecule has 0 aliphatic carbocycles. The first kappa shape index (κ1) is 20.6. The third-order valence-corrected chi connectivity index (χ3v) is 3.98. The predicted molar refractivity (Wildman–Crippen MR) is 105 cm³/mol. The minimum Gasteiger partial charge on any atom is -0.376 e. The van der Waals surface area contributed by atoms with E-state index in [0.717, 1.165) is 10.6 Å². The summed E-state index contributed by atoms with van der Waals surface area (Å²) in [6.45, 7) is 6.07. The summed E-state index contributed by atoms with van der Waals surface area (Å²) in [5.41, 5.74) is 0.690. The van der Waals surface area contributed by atoms with Gasteiger partial charge in [0.1, 0.15) is 0 Å². The lowest BCUT2D eigenvalue weighted by Gasteiger charge is -2.30. The Morgan fingerprint density at radius 3 is 2.15 bits per heavy atom. The first-order valence-electron chi connectivity index (χ1n) is 9.16. The van der Waals surface area contributed by atoms with E-state index in [4.69, 9.17) is 9.57 Å². The first-order valence-corrected chi connectivity index (χ1v) is 9.16. The Balaban J connectivity index is 2.08. The molecule has 0 aromatic heterocycles. The molecule has 0 saturated carbocycles. The summed E-state index contributed by atoms with van der Waals surface area (Å²) >= 11 is 0. The van der Waals surface area contributed by atoms with Gasteiger partial charge in [0.15, 0.2) is 0 Å². The second-order valence-corrected chi connectivity index (χ2v) is 7.01. The molecule has 1 amide bonds. The van der Waals surface area contributed by atoms with Gasteiger partial charge >= 0.3 is 5.97 Å². The van der Waals surface area contributed by atoms with Crippen LogP contribution in [0, 0.1) is 5.41 Å². The summed E-state index contributed by atoms with van der Waals surface area (Å²) in [4.78, 5) is 30.5. The second-order valence-electron chi connectivity index (χ2n) is 7.01. The lowest BCUT2D eigenvalue weighted by Crippen LogP contribution is -2.44. The monoisotopic (exact) mass is 369 g/mol. The Bertz CT molecular complexity index is 728. The van der Waals surface area contributed by atoms with E-state index >= 15 is 0 Å². The van der Waals surface area contributed by atoms with Gasteiger partial charge in [-0.2, -0.15) is 0 Å². The lowest BCUT2D eigenvalue weighted by molar-refractivity contribution is -0.154. The van der Waals surface area contributed by atoms with Crippen molar-refractivity contribution in [3.8, 4) is 0 Å². The van der Waals surface area contributed by atoms with Gasteiger partial charge in [0.05, 0.1) is 24.3 Å². The van der Waals surface area contributed by atoms with Crippen molar-refractivity contribution in [2.24, 2.45) is 5.41 Å². The minimum absolute atomic E-state index is 0.204. The number of nitrogens with zero attached hydrogens (tertiary/aromatic N) is 1. The van der Waals surface area contributed by atoms with E-state index in [9.17, 15) is 9.59 Å². The van der Waals surface area contributed by atoms with Gasteiger partial charge in [-0.1, -0.05) is 55.5 Å². The van der Waals surface area contributed by atoms with E-state index in [-0.39, 0.29) is 18.9 Å². The van der Waals surface area contributed by atoms with Crippen LogP contribution in [-0.2, 0) is 25.8 Å². The molecule has 2 aromatic carbocycles. The topological polar surface area (TPSA) is 55.8 Å². The fourth-order valence-corrected chi connectivity index (χ4v) is 2.46. The van der Waals surface area contributed by atoms with Gasteiger partial charge in [-0.25, -0.2) is 4.79 Å². The summed E-state index contributed by atoms with van der Waals surface area (Å²) < 4.78 is 5.76. The van der Waals surface area contributed by atoms with Crippen LogP contribution in [0.15, 0.2) is 60.7 Å². The molecule has 0 aliphatic heterocycles. The molecule has 27 heavy (non-hydrogen) atoms. The maximum atomic E-state index is 13.1. The normalized spacial score (nSPS) is 11.1. The molecule has 0 heterocycles. The molecule has 2 rings (SSSR count). The molecule has 0 aliphatic rings. The summed E-state index contributed by atoms with van der Waals surface area (Å²) in [6, 6.07) is 18.7. The lowest BCUT2D eigenvalue weighted by atomic mass is 9.93. The van der Waals surface area contributed by atoms with Gasteiger partial charge in [-0.15, -0.1) is 5.06 Å². The van der Waals surface area contributed by atoms with Crippen LogP contribution in [0.5, 0.6) is 0 Å². The molecule has 0 spiro atoms. The minimum atomic E-state index is -0.864. The first-order chi connectivity index (χ1) is 12.9. The van der Waals surface area contributed by atoms with Gasteiger partial charge in [0, 0.05) is 6.42 Å². The van der Waals surface area contributed by atoms with E-state index in [2.05, 4.69) is 0 Å². The molecule has 0 radical (unpaired) electrons. The Hall–Kier alpha value is -2.66. The van der Waals surface area contributed by atoms with Crippen LogP contribution >= 0.6 is 0 Å². The summed E-state index contributed by atoms with van der Waals surface area (Å²) in [7, 11) is 0. The fraction of sp³-hybridized carbons (Fsp3) is 0.364. The highest BCUT2D eigenvalue weighted by Crippen LogP contribution is 2.25. The molecule has 5 heteroatoms. The average molecular weight is 369 g/mol. The number of rotatable bonds is 8. The van der Waals surface area contributed by atoms with Crippen molar-refractivity contribution in [3.63, 3.8) is 0 Å². The van der Waals surface area contributed by atoms with Crippen molar-refractivity contribution in [1.82, 2.24) is 0 Å². The van der Waals surface area contributed by atoms with Crippen molar-refractivity contribution in [3.05, 3.63) is 66.2 Å². The Kier molecular flexibility index (Phi) is 7.55. The molecule has 0 N–H and O–H groups in total. The highest BCUT2D eigenvalue weighted by atomic mass is 16.7. The number of amides is 1. The molecular weight excluding hydrogens is 342 g/mol. The number of hydrogen-bond acceptors (Lipinski definition) is 4. The van der Waals surface area contributed by atoms with Gasteiger partial charge < -0.3 is 9.57 Å². The average Bonchev–Trinajstić information content (AvgIpc) is 2.67. The Labute approximate surface area is 160 Å². The third-order valence-electron chi connectivity index (χ3n) is 3.98. The van der Waals surface area contributed by atoms with Crippen molar-refractivity contribution in [2.45, 2.75) is 40.2 Å². The van der Waals surface area contributed by atoms with Crippen LogP contribution in [0.1, 0.15) is 39.2 Å². The third kappa shape index (κ3) is 6.22. The number of hydroxylamine groups is 1. The van der Waals surface area contributed by atoms with Gasteiger partial charge in [0.2, 0.25) is 0 Å². The largest absolute Gasteiger partial charge is 0.376 e. The Morgan fingerprint density at radius 2 is 1.56 bits per heavy atom. The molecule has 144 valence electrons. The SMILES string of the molecule is CCCC(=O)ON(C(=O)C(C)(C)COCc1ccccc1)c1ccccc1. The van der Waals surface area contributed by atoms with Crippen LogP contribution in [-0.4, -0.2) is 18.5 Å². The van der Waals surface area contributed by atoms with E-state index in [1.54, 1.807) is 38.1 Å². The number of para-hydroxylation sites is 1. The molecule has 0 fully saturated rings. The highest BCUT2D eigenvalue weighted by molar-refractivity contribution is 5.97. The van der Waals surface area contributed by atoms with Crippen LogP contribution in [0.2, 0.25) is 0 Å². The smallest absolute Gasteiger partial charge is 0.333 e. The van der Waals surface area contributed by atoms with Crippen molar-refractivity contribution in [2.75, 3.05) is 11.7 Å². The number of benzene rings is 2. The maximum Gasteiger partial charge on any atom is 0.333 e. The molecule has 2 aromatic rings. The summed E-state index contributed by atoms with van der Waals surface area (Å²) in [6.07, 6.45) is 0.904. The van der Waals surface area contributed by atoms with E-state index in [1.165, 1.54) is 0 Å². The number of carbonyl (C=O) groups excluding carboxylic acids is 2. The van der Waals surface area contributed by atoms with Crippen molar-refractivity contribution >= 4 is 17.6 Å². The van der Waals surface area contributed by atoms with Crippen LogP contribution in [0.4, 0.5) is 5.69 Å². The van der Waals surface area contributed by atoms with Gasteiger partial charge in [0.25, 0.3) is 5.91 Å². The summed E-state index contributed by atoms with van der Waals surface area (Å²) in [5, 5.41) is 1.09. The van der Waals surface area contributed by atoms with E-state index in [1.807, 2.05) is 43.3 Å². The number of anilines is 1. The van der Waals surface area contributed by atoms with Crippen molar-refractivity contribution < 1.29 is 19.2 Å². The quantitative estimate of drug-likeness (QED) is 0.642. The maximum absolute atomic E-state index is 13.1. The van der Waals surface area contributed by atoms with E-state index < -0.39 is 11.4 Å². The standard InChI is InChI=1S/C22H27NO4/c1-4-11-20(24)27-23(19-14-9-6-10-15-19)21(25)22(2,3)17-26-16-18-12-7-5-8-13-18/h5-10,12-15H,4,11,16-17H2,1-3H3. The molecule has 5 nitrogen and oxygen atoms in total. The zero-order chi connectivity index (χ0) is 19.7.